The second-order valence-corrected chi connectivity index (χ2v) is 5.29. The average molecular weight is 321 g/mol. The topological polar surface area (TPSA) is 81.0 Å². The first kappa shape index (κ1) is 14.1. The molecule has 0 fully saturated rings. The highest BCUT2D eigenvalue weighted by atomic mass is 16.7. The minimum Gasteiger partial charge on any atom is -0.329 e. The highest BCUT2D eigenvalue weighted by Gasteiger charge is 2.38. The number of hydroxylamine groups is 2. The Kier molecular flexibility index (Phi) is 3.13. The molecule has 0 radical (unpaired) electrons. The molecule has 2 aromatic heterocycles. The molecule has 118 valence electrons. The molecule has 0 bridgehead atoms. The van der Waals surface area contributed by atoms with Crippen LogP contribution in [-0.4, -0.2) is 32.5 Å². The maximum atomic E-state index is 12.2. The van der Waals surface area contributed by atoms with Crippen molar-refractivity contribution in [3.8, 4) is 0 Å². The summed E-state index contributed by atoms with van der Waals surface area (Å²) in [4.78, 5) is 41.5. The third-order valence-electron chi connectivity index (χ3n) is 3.79. The molecule has 0 saturated heterocycles. The van der Waals surface area contributed by atoms with Gasteiger partial charge in [0.2, 0.25) is 0 Å². The van der Waals surface area contributed by atoms with E-state index in [1.165, 1.54) is 12.1 Å². The lowest BCUT2D eigenvalue weighted by molar-refractivity contribution is -0.167. The minimum atomic E-state index is -0.705. The maximum Gasteiger partial charge on any atom is 0.337 e. The molecule has 1 aromatic carbocycles. The monoisotopic (exact) mass is 321 g/mol. The summed E-state index contributed by atoms with van der Waals surface area (Å²) >= 11 is 0. The summed E-state index contributed by atoms with van der Waals surface area (Å²) in [5.41, 5.74) is 1.87. The van der Waals surface area contributed by atoms with E-state index in [0.29, 0.717) is 10.6 Å². The standard InChI is InChI=1S/C17H11N3O4/c21-15(9-11-10-18-19-8-4-3-7-14(11)19)24-20-16(22)12-5-1-2-6-13(12)17(20)23/h1-8,10H,9H2. The summed E-state index contributed by atoms with van der Waals surface area (Å²) in [6.07, 6.45) is 3.22. The number of amides is 2. The first-order chi connectivity index (χ1) is 11.6. The van der Waals surface area contributed by atoms with Gasteiger partial charge in [-0.25, -0.2) is 9.31 Å². The largest absolute Gasteiger partial charge is 0.337 e. The van der Waals surface area contributed by atoms with Crippen LogP contribution in [0.4, 0.5) is 0 Å². The van der Waals surface area contributed by atoms with Gasteiger partial charge in [-0.05, 0) is 24.3 Å². The fourth-order valence-electron chi connectivity index (χ4n) is 2.66. The van der Waals surface area contributed by atoms with E-state index in [1.807, 2.05) is 18.2 Å². The van der Waals surface area contributed by atoms with Crippen LogP contribution in [0.5, 0.6) is 0 Å². The molecule has 3 heterocycles. The van der Waals surface area contributed by atoms with Gasteiger partial charge in [-0.1, -0.05) is 23.3 Å². The lowest BCUT2D eigenvalue weighted by Gasteiger charge is -2.12. The molecule has 0 atom stereocenters. The number of hydrogen-bond acceptors (Lipinski definition) is 5. The molecule has 4 rings (SSSR count). The zero-order valence-corrected chi connectivity index (χ0v) is 12.4. The number of imide groups is 1. The van der Waals surface area contributed by atoms with Gasteiger partial charge in [0.25, 0.3) is 11.8 Å². The third-order valence-corrected chi connectivity index (χ3v) is 3.79. The summed E-state index contributed by atoms with van der Waals surface area (Å²) in [6, 6.07) is 11.8. The number of carbonyl (C=O) groups is 3. The van der Waals surface area contributed by atoms with Crippen molar-refractivity contribution in [1.29, 1.82) is 0 Å². The van der Waals surface area contributed by atoms with Crippen LogP contribution in [0.25, 0.3) is 5.52 Å². The Balaban J connectivity index is 1.53. The van der Waals surface area contributed by atoms with E-state index < -0.39 is 17.8 Å². The summed E-state index contributed by atoms with van der Waals surface area (Å²) in [5, 5.41) is 4.64. The molecule has 0 saturated carbocycles. The van der Waals surface area contributed by atoms with Crippen LogP contribution in [0.3, 0.4) is 0 Å². The van der Waals surface area contributed by atoms with E-state index in [4.69, 9.17) is 4.84 Å². The van der Waals surface area contributed by atoms with Gasteiger partial charge in [-0.3, -0.25) is 9.59 Å². The Morgan fingerprint density at radius 2 is 1.67 bits per heavy atom. The van der Waals surface area contributed by atoms with Crippen molar-refractivity contribution >= 4 is 23.3 Å². The number of hydrogen-bond donors (Lipinski definition) is 0. The quantitative estimate of drug-likeness (QED) is 0.685. The van der Waals surface area contributed by atoms with Crippen LogP contribution in [0.2, 0.25) is 0 Å². The fraction of sp³-hybridized carbons (Fsp3) is 0.0588. The van der Waals surface area contributed by atoms with Gasteiger partial charge in [0, 0.05) is 11.8 Å². The SMILES string of the molecule is O=C(Cc1cnn2ccccc12)ON1C(=O)c2ccccc2C1=O. The molecular weight excluding hydrogens is 310 g/mol. The molecule has 7 heteroatoms. The lowest BCUT2D eigenvalue weighted by Crippen LogP contribution is -2.33. The summed E-state index contributed by atoms with van der Waals surface area (Å²) in [6.45, 7) is 0. The first-order valence-electron chi connectivity index (χ1n) is 7.25. The van der Waals surface area contributed by atoms with Gasteiger partial charge in [-0.2, -0.15) is 5.10 Å². The Morgan fingerprint density at radius 3 is 2.38 bits per heavy atom. The molecule has 0 unspecified atom stereocenters. The molecule has 24 heavy (non-hydrogen) atoms. The van der Waals surface area contributed by atoms with Gasteiger partial charge in [0.1, 0.15) is 0 Å². The Hall–Kier alpha value is -3.48. The zero-order chi connectivity index (χ0) is 16.7. The molecule has 1 aliphatic rings. The second-order valence-electron chi connectivity index (χ2n) is 5.29. The summed E-state index contributed by atoms with van der Waals surface area (Å²) in [7, 11) is 0. The first-order valence-corrected chi connectivity index (χ1v) is 7.25. The number of pyridine rings is 1. The minimum absolute atomic E-state index is 0.0963. The van der Waals surface area contributed by atoms with Crippen molar-refractivity contribution in [1.82, 2.24) is 14.7 Å². The van der Waals surface area contributed by atoms with Crippen molar-refractivity contribution in [2.24, 2.45) is 0 Å². The fourth-order valence-corrected chi connectivity index (χ4v) is 2.66. The van der Waals surface area contributed by atoms with Crippen molar-refractivity contribution in [3.05, 3.63) is 71.5 Å². The van der Waals surface area contributed by atoms with Gasteiger partial charge < -0.3 is 4.84 Å². The zero-order valence-electron chi connectivity index (χ0n) is 12.4. The van der Waals surface area contributed by atoms with E-state index in [1.54, 1.807) is 29.0 Å². The van der Waals surface area contributed by atoms with Crippen LogP contribution in [0, 0.1) is 0 Å². The van der Waals surface area contributed by atoms with E-state index in [-0.39, 0.29) is 17.5 Å². The molecule has 2 amide bonds. The number of aromatic nitrogens is 2. The summed E-state index contributed by atoms with van der Waals surface area (Å²) in [5.74, 6) is -1.98. The van der Waals surface area contributed by atoms with Crippen molar-refractivity contribution in [3.63, 3.8) is 0 Å². The summed E-state index contributed by atoms with van der Waals surface area (Å²) < 4.78 is 1.63. The molecule has 3 aromatic rings. The van der Waals surface area contributed by atoms with Crippen molar-refractivity contribution < 1.29 is 19.2 Å². The molecule has 0 aliphatic carbocycles. The maximum absolute atomic E-state index is 12.2. The van der Waals surface area contributed by atoms with E-state index in [0.717, 1.165) is 5.52 Å². The predicted octanol–water partition coefficient (Wildman–Crippen LogP) is 1.63. The molecule has 1 aliphatic heterocycles. The molecule has 0 N–H and O–H groups in total. The van der Waals surface area contributed by atoms with E-state index in [2.05, 4.69) is 5.10 Å². The second kappa shape index (κ2) is 5.31. The van der Waals surface area contributed by atoms with E-state index >= 15 is 0 Å². The highest BCUT2D eigenvalue weighted by molar-refractivity contribution is 6.20. The van der Waals surface area contributed by atoms with Gasteiger partial charge in [-0.15, -0.1) is 0 Å². The predicted molar refractivity (Wildman–Crippen MR) is 81.9 cm³/mol. The van der Waals surface area contributed by atoms with Gasteiger partial charge in [0.15, 0.2) is 0 Å². The number of benzene rings is 1. The van der Waals surface area contributed by atoms with Gasteiger partial charge >= 0.3 is 5.97 Å². The smallest absolute Gasteiger partial charge is 0.329 e. The number of carbonyl (C=O) groups excluding carboxylic acids is 3. The average Bonchev–Trinajstić information content (AvgIpc) is 3.11. The van der Waals surface area contributed by atoms with Crippen molar-refractivity contribution in [2.75, 3.05) is 0 Å². The molecule has 7 nitrogen and oxygen atoms in total. The van der Waals surface area contributed by atoms with Crippen molar-refractivity contribution in [2.45, 2.75) is 6.42 Å². The number of rotatable bonds is 3. The molecule has 0 spiro atoms. The number of nitrogens with zero attached hydrogens (tertiary/aromatic N) is 3. The normalized spacial score (nSPS) is 13.4. The molecular formula is C17H11N3O4. The Morgan fingerprint density at radius 1 is 1.00 bits per heavy atom. The van der Waals surface area contributed by atoms with Crippen LogP contribution in [0.15, 0.2) is 54.9 Å². The lowest BCUT2D eigenvalue weighted by atomic mass is 10.1. The third kappa shape index (κ3) is 2.14. The number of fused-ring (bicyclic) bond motifs is 2. The Bertz CT molecular complexity index is 957. The van der Waals surface area contributed by atoms with Crippen LogP contribution in [-0.2, 0) is 16.1 Å². The highest BCUT2D eigenvalue weighted by Crippen LogP contribution is 2.23. The Labute approximate surface area is 136 Å². The van der Waals surface area contributed by atoms with Gasteiger partial charge in [0.05, 0.1) is 29.3 Å². The van der Waals surface area contributed by atoms with Crippen LogP contribution < -0.4 is 0 Å². The van der Waals surface area contributed by atoms with E-state index in [9.17, 15) is 14.4 Å². The van der Waals surface area contributed by atoms with Crippen LogP contribution in [0.1, 0.15) is 26.3 Å². The van der Waals surface area contributed by atoms with Crippen LogP contribution >= 0.6 is 0 Å².